The molecule has 1 aliphatic rings. The van der Waals surface area contributed by atoms with E-state index in [0.29, 0.717) is 0 Å². The summed E-state index contributed by atoms with van der Waals surface area (Å²) in [6.45, 7) is 0. The van der Waals surface area contributed by atoms with Crippen molar-refractivity contribution in [3.05, 3.63) is 24.3 Å². The van der Waals surface area contributed by atoms with Gasteiger partial charge in [0.25, 0.3) is 0 Å². The summed E-state index contributed by atoms with van der Waals surface area (Å²) < 4.78 is 11.6. The van der Waals surface area contributed by atoms with Crippen LogP contribution in [0.3, 0.4) is 0 Å². The van der Waals surface area contributed by atoms with Crippen LogP contribution in [0, 0.1) is 0 Å². The molecule has 3 heteroatoms. The number of hydrogen-bond donors (Lipinski definition) is 0. The largest absolute Gasteiger partial charge is 0.254 e. The van der Waals surface area contributed by atoms with Gasteiger partial charge in [-0.3, -0.25) is 4.21 Å². The van der Waals surface area contributed by atoms with Crippen molar-refractivity contribution >= 4 is 22.6 Å². The molecule has 0 bridgehead atoms. The molecule has 0 saturated heterocycles. The second-order valence-electron chi connectivity index (χ2n) is 2.70. The van der Waals surface area contributed by atoms with E-state index in [9.17, 15) is 4.21 Å². The summed E-state index contributed by atoms with van der Waals surface area (Å²) in [5.41, 5.74) is 0. The van der Waals surface area contributed by atoms with E-state index in [0.717, 1.165) is 22.8 Å². The van der Waals surface area contributed by atoms with Gasteiger partial charge in [-0.1, -0.05) is 12.1 Å². The van der Waals surface area contributed by atoms with Gasteiger partial charge in [0, 0.05) is 10.6 Å². The van der Waals surface area contributed by atoms with E-state index in [-0.39, 0.29) is 0 Å². The third kappa shape index (κ3) is 1.57. The third-order valence-electron chi connectivity index (χ3n) is 1.83. The molecule has 0 radical (unpaired) electrons. The standard InChI is InChI=1S/C9H10OS2/c10-12-7-3-6-11-8-4-1-2-5-9(8)12/h1-2,4-5H,3,6-7H2. The van der Waals surface area contributed by atoms with E-state index in [1.807, 2.05) is 30.0 Å². The molecule has 1 unspecified atom stereocenters. The maximum Gasteiger partial charge on any atom is 0.0541 e. The molecule has 0 aromatic heterocycles. The lowest BCUT2D eigenvalue weighted by Crippen LogP contribution is -1.96. The lowest BCUT2D eigenvalue weighted by atomic mass is 10.4. The summed E-state index contributed by atoms with van der Waals surface area (Å²) in [6, 6.07) is 8.00. The Hall–Kier alpha value is -0.280. The first-order chi connectivity index (χ1) is 5.88. The van der Waals surface area contributed by atoms with Gasteiger partial charge in [-0.25, -0.2) is 0 Å². The fourth-order valence-corrected chi connectivity index (χ4v) is 3.92. The molecule has 0 aliphatic carbocycles. The Morgan fingerprint density at radius 3 is 3.08 bits per heavy atom. The van der Waals surface area contributed by atoms with E-state index in [1.54, 1.807) is 0 Å². The van der Waals surface area contributed by atoms with E-state index in [2.05, 4.69) is 6.07 Å². The minimum Gasteiger partial charge on any atom is -0.254 e. The Morgan fingerprint density at radius 1 is 1.33 bits per heavy atom. The number of hydrogen-bond acceptors (Lipinski definition) is 2. The fraction of sp³-hybridized carbons (Fsp3) is 0.333. The van der Waals surface area contributed by atoms with Gasteiger partial charge >= 0.3 is 0 Å². The van der Waals surface area contributed by atoms with E-state index >= 15 is 0 Å². The highest BCUT2D eigenvalue weighted by Crippen LogP contribution is 2.29. The van der Waals surface area contributed by atoms with Crippen LogP contribution in [0.1, 0.15) is 6.42 Å². The highest BCUT2D eigenvalue weighted by molar-refractivity contribution is 8.00. The van der Waals surface area contributed by atoms with Crippen molar-refractivity contribution in [3.63, 3.8) is 0 Å². The highest BCUT2D eigenvalue weighted by atomic mass is 32.2. The van der Waals surface area contributed by atoms with Crippen molar-refractivity contribution < 1.29 is 4.21 Å². The summed E-state index contributed by atoms with van der Waals surface area (Å²) in [6.07, 6.45) is 1.06. The Morgan fingerprint density at radius 2 is 2.17 bits per heavy atom. The molecule has 1 heterocycles. The topological polar surface area (TPSA) is 17.1 Å². The van der Waals surface area contributed by atoms with Crippen LogP contribution in [0.25, 0.3) is 0 Å². The summed E-state index contributed by atoms with van der Waals surface area (Å²) >= 11 is 1.82. The predicted octanol–water partition coefficient (Wildman–Crippen LogP) is 2.29. The molecule has 1 nitrogen and oxygen atoms in total. The van der Waals surface area contributed by atoms with Crippen molar-refractivity contribution in [2.24, 2.45) is 0 Å². The average molecular weight is 198 g/mol. The Kier molecular flexibility index (Phi) is 2.51. The Labute approximate surface area is 79.0 Å². The van der Waals surface area contributed by atoms with E-state index in [1.165, 1.54) is 4.90 Å². The van der Waals surface area contributed by atoms with Gasteiger partial charge in [0.05, 0.1) is 15.7 Å². The SMILES string of the molecule is O=S1CCCSc2ccccc21. The van der Waals surface area contributed by atoms with Crippen LogP contribution in [0.15, 0.2) is 34.1 Å². The molecule has 1 aromatic rings. The summed E-state index contributed by atoms with van der Waals surface area (Å²) in [5, 5.41) is 0. The number of thioether (sulfide) groups is 1. The maximum absolute atomic E-state index is 11.6. The molecular weight excluding hydrogens is 188 g/mol. The van der Waals surface area contributed by atoms with Gasteiger partial charge in [-0.2, -0.15) is 0 Å². The molecule has 64 valence electrons. The molecule has 0 saturated carbocycles. The molecule has 1 aliphatic heterocycles. The monoisotopic (exact) mass is 198 g/mol. The number of benzene rings is 1. The molecule has 1 atom stereocenters. The zero-order valence-electron chi connectivity index (χ0n) is 6.66. The predicted molar refractivity (Wildman–Crippen MR) is 53.1 cm³/mol. The molecule has 0 fully saturated rings. The Balaban J connectivity index is 2.46. The maximum atomic E-state index is 11.6. The quantitative estimate of drug-likeness (QED) is 0.636. The minimum absolute atomic E-state index is 0.753. The second-order valence-corrected chi connectivity index (χ2v) is 5.37. The smallest absolute Gasteiger partial charge is 0.0541 e. The highest BCUT2D eigenvalue weighted by Gasteiger charge is 2.12. The Bertz CT molecular complexity index is 309. The van der Waals surface area contributed by atoms with Crippen LogP contribution in [0.5, 0.6) is 0 Å². The van der Waals surface area contributed by atoms with Crippen LogP contribution in [-0.4, -0.2) is 15.7 Å². The summed E-state index contributed by atoms with van der Waals surface area (Å²) in [4.78, 5) is 2.23. The van der Waals surface area contributed by atoms with Gasteiger partial charge in [0.15, 0.2) is 0 Å². The zero-order valence-corrected chi connectivity index (χ0v) is 8.29. The van der Waals surface area contributed by atoms with E-state index < -0.39 is 10.8 Å². The summed E-state index contributed by atoms with van der Waals surface area (Å²) in [5.74, 6) is 1.92. The van der Waals surface area contributed by atoms with Crippen LogP contribution < -0.4 is 0 Å². The first kappa shape index (κ1) is 8.32. The average Bonchev–Trinajstić information content (AvgIpc) is 2.29. The molecule has 12 heavy (non-hydrogen) atoms. The van der Waals surface area contributed by atoms with Crippen molar-refractivity contribution in [1.29, 1.82) is 0 Å². The third-order valence-corrected chi connectivity index (χ3v) is 4.62. The van der Waals surface area contributed by atoms with Crippen LogP contribution in [-0.2, 0) is 10.8 Å². The lowest BCUT2D eigenvalue weighted by molar-refractivity contribution is 0.681. The lowest BCUT2D eigenvalue weighted by Gasteiger charge is -2.01. The van der Waals surface area contributed by atoms with Crippen LogP contribution in [0.2, 0.25) is 0 Å². The first-order valence-corrected chi connectivity index (χ1v) is 6.28. The molecule has 2 rings (SSSR count). The molecule has 0 N–H and O–H groups in total. The van der Waals surface area contributed by atoms with Gasteiger partial charge in [0.2, 0.25) is 0 Å². The van der Waals surface area contributed by atoms with Crippen molar-refractivity contribution in [3.8, 4) is 0 Å². The minimum atomic E-state index is -0.753. The molecule has 0 amide bonds. The molecule has 1 aromatic carbocycles. The van der Waals surface area contributed by atoms with Crippen LogP contribution >= 0.6 is 11.8 Å². The fourth-order valence-electron chi connectivity index (χ4n) is 1.24. The number of rotatable bonds is 0. The normalized spacial score (nSPS) is 22.8. The van der Waals surface area contributed by atoms with Crippen LogP contribution in [0.4, 0.5) is 0 Å². The van der Waals surface area contributed by atoms with E-state index in [4.69, 9.17) is 0 Å². The number of fused-ring (bicyclic) bond motifs is 1. The van der Waals surface area contributed by atoms with Gasteiger partial charge in [-0.05, 0) is 24.3 Å². The van der Waals surface area contributed by atoms with Crippen molar-refractivity contribution in [2.45, 2.75) is 16.2 Å². The molecular formula is C9H10OS2. The van der Waals surface area contributed by atoms with Crippen molar-refractivity contribution in [1.82, 2.24) is 0 Å². The zero-order chi connectivity index (χ0) is 8.39. The summed E-state index contributed by atoms with van der Waals surface area (Å²) in [7, 11) is -0.753. The second kappa shape index (κ2) is 3.62. The van der Waals surface area contributed by atoms with Gasteiger partial charge in [-0.15, -0.1) is 11.8 Å². The first-order valence-electron chi connectivity index (χ1n) is 3.98. The van der Waals surface area contributed by atoms with Crippen molar-refractivity contribution in [2.75, 3.05) is 11.5 Å². The van der Waals surface area contributed by atoms with Gasteiger partial charge < -0.3 is 0 Å². The van der Waals surface area contributed by atoms with Gasteiger partial charge in [0.1, 0.15) is 0 Å². The molecule has 0 spiro atoms.